The molecule has 0 aromatic carbocycles. The van der Waals surface area contributed by atoms with Crippen LogP contribution in [0.4, 0.5) is 0 Å². The van der Waals surface area contributed by atoms with Gasteiger partial charge in [-0.3, -0.25) is 5.32 Å². The fraction of sp³-hybridized carbons (Fsp3) is 0.455. The summed E-state index contributed by atoms with van der Waals surface area (Å²) >= 11 is 1.67. The van der Waals surface area contributed by atoms with Crippen molar-refractivity contribution in [1.29, 1.82) is 0 Å². The fourth-order valence-electron chi connectivity index (χ4n) is 1.38. The summed E-state index contributed by atoms with van der Waals surface area (Å²) in [4.78, 5) is 8.57. The third-order valence-electron chi connectivity index (χ3n) is 2.24. The second-order valence-corrected chi connectivity index (χ2v) is 4.74. The van der Waals surface area contributed by atoms with E-state index in [0.717, 1.165) is 28.9 Å². The van der Waals surface area contributed by atoms with E-state index >= 15 is 0 Å². The van der Waals surface area contributed by atoms with Gasteiger partial charge in [-0.05, 0) is 20.8 Å². The van der Waals surface area contributed by atoms with Crippen molar-refractivity contribution in [2.75, 3.05) is 0 Å². The SMILES string of the molecule is Cc1csc(CNC(C)c2ncc(C)o2)n1. The Balaban J connectivity index is 1.91. The highest BCUT2D eigenvalue weighted by Crippen LogP contribution is 2.14. The number of aryl methyl sites for hydroxylation is 2. The molecule has 2 heterocycles. The van der Waals surface area contributed by atoms with Gasteiger partial charge in [-0.2, -0.15) is 0 Å². The number of oxazole rings is 1. The average molecular weight is 237 g/mol. The van der Waals surface area contributed by atoms with Crippen LogP contribution in [0.25, 0.3) is 0 Å². The lowest BCUT2D eigenvalue weighted by Gasteiger charge is -2.08. The molecule has 2 rings (SSSR count). The van der Waals surface area contributed by atoms with E-state index in [1.165, 1.54) is 0 Å². The molecule has 0 spiro atoms. The van der Waals surface area contributed by atoms with Crippen molar-refractivity contribution < 1.29 is 4.42 Å². The summed E-state index contributed by atoms with van der Waals surface area (Å²) in [6.07, 6.45) is 1.74. The Bertz CT molecular complexity index is 463. The lowest BCUT2D eigenvalue weighted by Crippen LogP contribution is -2.18. The monoisotopic (exact) mass is 237 g/mol. The molecule has 4 nitrogen and oxygen atoms in total. The zero-order chi connectivity index (χ0) is 11.5. The van der Waals surface area contributed by atoms with Gasteiger partial charge in [-0.15, -0.1) is 11.3 Å². The number of thiazole rings is 1. The number of aromatic nitrogens is 2. The predicted molar refractivity (Wildman–Crippen MR) is 63.3 cm³/mol. The van der Waals surface area contributed by atoms with E-state index in [0.29, 0.717) is 0 Å². The number of nitrogens with zero attached hydrogens (tertiary/aromatic N) is 2. The highest BCUT2D eigenvalue weighted by molar-refractivity contribution is 7.09. The lowest BCUT2D eigenvalue weighted by atomic mass is 10.3. The molecular weight excluding hydrogens is 222 g/mol. The first kappa shape index (κ1) is 11.3. The molecule has 2 aromatic heterocycles. The molecule has 1 unspecified atom stereocenters. The Morgan fingerprint density at radius 3 is 2.88 bits per heavy atom. The summed E-state index contributed by atoms with van der Waals surface area (Å²) in [5, 5.41) is 6.48. The predicted octanol–water partition coefficient (Wildman–Crippen LogP) is 2.60. The van der Waals surface area contributed by atoms with Crippen molar-refractivity contribution >= 4 is 11.3 Å². The van der Waals surface area contributed by atoms with Crippen LogP contribution in [-0.2, 0) is 6.54 Å². The van der Waals surface area contributed by atoms with E-state index in [1.54, 1.807) is 17.5 Å². The summed E-state index contributed by atoms with van der Waals surface area (Å²) in [6.45, 7) is 6.68. The minimum absolute atomic E-state index is 0.109. The fourth-order valence-corrected chi connectivity index (χ4v) is 2.11. The summed E-state index contributed by atoms with van der Waals surface area (Å²) in [6, 6.07) is 0.109. The van der Waals surface area contributed by atoms with E-state index in [4.69, 9.17) is 4.42 Å². The maximum absolute atomic E-state index is 5.45. The second-order valence-electron chi connectivity index (χ2n) is 3.79. The molecule has 86 valence electrons. The van der Waals surface area contributed by atoms with Crippen molar-refractivity contribution in [3.63, 3.8) is 0 Å². The molecule has 0 aliphatic carbocycles. The van der Waals surface area contributed by atoms with Crippen molar-refractivity contribution in [2.24, 2.45) is 0 Å². The Morgan fingerprint density at radius 1 is 1.50 bits per heavy atom. The standard InChI is InChI=1S/C11H15N3OS/c1-7-6-16-10(14-7)5-12-9(3)11-13-4-8(2)15-11/h4,6,9,12H,5H2,1-3H3. The first-order chi connectivity index (χ1) is 7.65. The molecule has 16 heavy (non-hydrogen) atoms. The van der Waals surface area contributed by atoms with Crippen LogP contribution >= 0.6 is 11.3 Å². The van der Waals surface area contributed by atoms with Crippen LogP contribution in [0.2, 0.25) is 0 Å². The molecule has 0 saturated carbocycles. The smallest absolute Gasteiger partial charge is 0.211 e. The number of hydrogen-bond acceptors (Lipinski definition) is 5. The molecule has 2 aromatic rings. The van der Waals surface area contributed by atoms with Crippen LogP contribution < -0.4 is 5.32 Å². The minimum atomic E-state index is 0.109. The van der Waals surface area contributed by atoms with Crippen LogP contribution in [-0.4, -0.2) is 9.97 Å². The van der Waals surface area contributed by atoms with Gasteiger partial charge in [0.25, 0.3) is 0 Å². The van der Waals surface area contributed by atoms with E-state index < -0.39 is 0 Å². The molecule has 5 heteroatoms. The second kappa shape index (κ2) is 4.76. The minimum Gasteiger partial charge on any atom is -0.444 e. The molecular formula is C11H15N3OS. The van der Waals surface area contributed by atoms with E-state index in [9.17, 15) is 0 Å². The zero-order valence-electron chi connectivity index (χ0n) is 9.65. The summed E-state index contributed by atoms with van der Waals surface area (Å²) in [5.41, 5.74) is 1.07. The van der Waals surface area contributed by atoms with Crippen LogP contribution in [0.15, 0.2) is 16.0 Å². The van der Waals surface area contributed by atoms with Gasteiger partial charge in [-0.25, -0.2) is 9.97 Å². The molecule has 0 saturated heterocycles. The van der Waals surface area contributed by atoms with E-state index in [2.05, 4.69) is 20.7 Å². The van der Waals surface area contributed by atoms with Crippen LogP contribution in [0.3, 0.4) is 0 Å². The maximum atomic E-state index is 5.45. The third-order valence-corrected chi connectivity index (χ3v) is 3.20. The van der Waals surface area contributed by atoms with Crippen LogP contribution in [0.5, 0.6) is 0 Å². The largest absolute Gasteiger partial charge is 0.444 e. The van der Waals surface area contributed by atoms with Crippen molar-refractivity contribution in [2.45, 2.75) is 33.4 Å². The average Bonchev–Trinajstić information content (AvgIpc) is 2.84. The van der Waals surface area contributed by atoms with Gasteiger partial charge in [0.1, 0.15) is 10.8 Å². The molecule has 0 fully saturated rings. The van der Waals surface area contributed by atoms with Crippen molar-refractivity contribution in [3.8, 4) is 0 Å². The van der Waals surface area contributed by atoms with Gasteiger partial charge in [0.05, 0.1) is 12.2 Å². The summed E-state index contributed by atoms with van der Waals surface area (Å²) in [7, 11) is 0. The third kappa shape index (κ3) is 2.68. The number of nitrogens with one attached hydrogen (secondary N) is 1. The van der Waals surface area contributed by atoms with Gasteiger partial charge in [0.2, 0.25) is 5.89 Å². The number of rotatable bonds is 4. The first-order valence-electron chi connectivity index (χ1n) is 5.22. The molecule has 0 aliphatic heterocycles. The summed E-state index contributed by atoms with van der Waals surface area (Å²) in [5.74, 6) is 1.57. The molecule has 0 amide bonds. The topological polar surface area (TPSA) is 51.0 Å². The van der Waals surface area contributed by atoms with Crippen molar-refractivity contribution in [1.82, 2.24) is 15.3 Å². The molecule has 1 atom stereocenters. The zero-order valence-corrected chi connectivity index (χ0v) is 10.5. The summed E-state index contributed by atoms with van der Waals surface area (Å²) < 4.78 is 5.45. The Kier molecular flexibility index (Phi) is 3.36. The first-order valence-corrected chi connectivity index (χ1v) is 6.10. The lowest BCUT2D eigenvalue weighted by molar-refractivity contribution is 0.402. The number of hydrogen-bond donors (Lipinski definition) is 1. The van der Waals surface area contributed by atoms with E-state index in [-0.39, 0.29) is 6.04 Å². The Morgan fingerprint density at radius 2 is 2.31 bits per heavy atom. The van der Waals surface area contributed by atoms with Crippen LogP contribution in [0.1, 0.15) is 35.3 Å². The molecule has 0 aliphatic rings. The Hall–Kier alpha value is -1.20. The Labute approximate surface area is 98.7 Å². The van der Waals surface area contributed by atoms with Crippen molar-refractivity contribution in [3.05, 3.63) is 33.9 Å². The highest BCUT2D eigenvalue weighted by Gasteiger charge is 2.11. The van der Waals surface area contributed by atoms with Gasteiger partial charge < -0.3 is 4.42 Å². The molecule has 0 radical (unpaired) electrons. The highest BCUT2D eigenvalue weighted by atomic mass is 32.1. The van der Waals surface area contributed by atoms with Crippen LogP contribution in [0, 0.1) is 13.8 Å². The molecule has 0 bridgehead atoms. The maximum Gasteiger partial charge on any atom is 0.211 e. The normalized spacial score (nSPS) is 12.9. The van der Waals surface area contributed by atoms with Gasteiger partial charge in [-0.1, -0.05) is 0 Å². The van der Waals surface area contributed by atoms with E-state index in [1.807, 2.05) is 20.8 Å². The van der Waals surface area contributed by atoms with Gasteiger partial charge >= 0.3 is 0 Å². The van der Waals surface area contributed by atoms with Gasteiger partial charge in [0, 0.05) is 17.6 Å². The quantitative estimate of drug-likeness (QED) is 0.888. The van der Waals surface area contributed by atoms with Gasteiger partial charge in [0.15, 0.2) is 0 Å². The molecule has 1 N–H and O–H groups in total.